The number of hydrogen-bond donors (Lipinski definition) is 1. The summed E-state index contributed by atoms with van der Waals surface area (Å²) in [5.74, 6) is 1.71. The molecule has 0 spiro atoms. The van der Waals surface area contributed by atoms with Crippen molar-refractivity contribution in [2.45, 2.75) is 66.0 Å². The molecule has 0 fully saturated rings. The first-order valence-electron chi connectivity index (χ1n) is 10.6. The maximum Gasteiger partial charge on any atom is 0.420 e. The summed E-state index contributed by atoms with van der Waals surface area (Å²) in [5.41, 5.74) is 0.306. The van der Waals surface area contributed by atoms with Crippen molar-refractivity contribution < 1.29 is 22.3 Å². The number of nitrogens with one attached hydrogen (secondary N) is 1. The van der Waals surface area contributed by atoms with Gasteiger partial charge in [0.1, 0.15) is 11.5 Å². The van der Waals surface area contributed by atoms with Crippen molar-refractivity contribution in [2.75, 3.05) is 11.9 Å². The van der Waals surface area contributed by atoms with Crippen LogP contribution in [-0.2, 0) is 10.0 Å². The van der Waals surface area contributed by atoms with Crippen LogP contribution in [-0.4, -0.2) is 26.9 Å². The molecular formula is C24H33F3N2O2Si. The van der Waals surface area contributed by atoms with E-state index >= 15 is 0 Å². The molecule has 0 aliphatic rings. The predicted octanol–water partition coefficient (Wildman–Crippen LogP) is 7.57. The Kier molecular flexibility index (Phi) is 7.83. The molecule has 0 saturated carbocycles. The van der Waals surface area contributed by atoms with Gasteiger partial charge in [-0.2, -0.15) is 13.2 Å². The number of aryl methyl sites for hydroxylation is 2. The van der Waals surface area contributed by atoms with Gasteiger partial charge in [0, 0.05) is 12.2 Å². The third-order valence-electron chi connectivity index (χ3n) is 4.90. The quantitative estimate of drug-likeness (QED) is 0.260. The Labute approximate surface area is 190 Å². The average molecular weight is 467 g/mol. The minimum Gasteiger partial charge on any atom is -0.457 e. The Bertz CT molecular complexity index is 984. The molecule has 176 valence electrons. The molecule has 0 amide bonds. The maximum absolute atomic E-state index is 14.0. The monoisotopic (exact) mass is 466 g/mol. The second kappa shape index (κ2) is 9.66. The fraction of sp³-hybridized carbons (Fsp3) is 0.458. The van der Waals surface area contributed by atoms with E-state index in [0.29, 0.717) is 18.0 Å². The smallest absolute Gasteiger partial charge is 0.420 e. The second-order valence-corrected chi connectivity index (χ2v) is 13.4. The molecule has 0 aliphatic carbocycles. The number of halogens is 3. The summed E-state index contributed by atoms with van der Waals surface area (Å²) in [6.07, 6.45) is -4.57. The SMILES string of the molecule is CCN=C(C)Nc1cc(C)c(Oc2cccc(C(C)(O[Si](C)(C)C)C(F)(F)F)c2)cc1C. The van der Waals surface area contributed by atoms with Crippen molar-refractivity contribution in [3.8, 4) is 11.5 Å². The lowest BCUT2D eigenvalue weighted by Gasteiger charge is -2.38. The minimum atomic E-state index is -4.57. The zero-order valence-corrected chi connectivity index (χ0v) is 21.1. The minimum absolute atomic E-state index is 0.0176. The third-order valence-corrected chi connectivity index (χ3v) is 5.92. The van der Waals surface area contributed by atoms with Crippen LogP contribution < -0.4 is 10.1 Å². The maximum atomic E-state index is 14.0. The van der Waals surface area contributed by atoms with Crippen molar-refractivity contribution in [3.63, 3.8) is 0 Å². The Morgan fingerprint density at radius 3 is 2.28 bits per heavy atom. The molecule has 0 aliphatic heterocycles. The molecular weight excluding hydrogens is 433 g/mol. The van der Waals surface area contributed by atoms with E-state index in [2.05, 4.69) is 10.3 Å². The van der Waals surface area contributed by atoms with Crippen LogP contribution >= 0.6 is 0 Å². The lowest BCUT2D eigenvalue weighted by molar-refractivity contribution is -0.250. The number of anilines is 1. The Morgan fingerprint density at radius 1 is 1.06 bits per heavy atom. The van der Waals surface area contributed by atoms with Gasteiger partial charge >= 0.3 is 6.18 Å². The van der Waals surface area contributed by atoms with E-state index < -0.39 is 20.1 Å². The van der Waals surface area contributed by atoms with Crippen LogP contribution in [0.2, 0.25) is 19.6 Å². The summed E-state index contributed by atoms with van der Waals surface area (Å²) in [4.78, 5) is 4.33. The van der Waals surface area contributed by atoms with Gasteiger partial charge in [0.15, 0.2) is 13.9 Å². The van der Waals surface area contributed by atoms with Gasteiger partial charge in [-0.1, -0.05) is 12.1 Å². The lowest BCUT2D eigenvalue weighted by Crippen LogP contribution is -2.48. The molecule has 4 nitrogen and oxygen atoms in total. The normalized spacial score (nSPS) is 14.8. The summed E-state index contributed by atoms with van der Waals surface area (Å²) >= 11 is 0. The molecule has 2 rings (SSSR count). The number of benzene rings is 2. The highest BCUT2D eigenvalue weighted by Gasteiger charge is 2.55. The fourth-order valence-electron chi connectivity index (χ4n) is 3.38. The number of aliphatic imine (C=N–C) groups is 1. The van der Waals surface area contributed by atoms with E-state index in [1.54, 1.807) is 31.8 Å². The highest BCUT2D eigenvalue weighted by Crippen LogP contribution is 2.45. The molecule has 0 bridgehead atoms. The van der Waals surface area contributed by atoms with Gasteiger partial charge in [0.25, 0.3) is 0 Å². The lowest BCUT2D eigenvalue weighted by atomic mass is 9.95. The number of ether oxygens (including phenoxy) is 1. The van der Waals surface area contributed by atoms with E-state index in [1.165, 1.54) is 12.1 Å². The van der Waals surface area contributed by atoms with Crippen LogP contribution in [0.15, 0.2) is 41.4 Å². The van der Waals surface area contributed by atoms with Crippen molar-refractivity contribution in [1.29, 1.82) is 0 Å². The molecule has 2 aromatic rings. The van der Waals surface area contributed by atoms with Gasteiger partial charge < -0.3 is 14.5 Å². The summed E-state index contributed by atoms with van der Waals surface area (Å²) < 4.78 is 53.8. The molecule has 0 radical (unpaired) electrons. The second-order valence-electron chi connectivity index (χ2n) is 8.99. The molecule has 1 unspecified atom stereocenters. The summed E-state index contributed by atoms with van der Waals surface area (Å²) in [5, 5.41) is 3.27. The third kappa shape index (κ3) is 6.35. The first kappa shape index (κ1) is 25.9. The van der Waals surface area contributed by atoms with E-state index in [0.717, 1.165) is 29.6 Å². The van der Waals surface area contributed by atoms with Crippen LogP contribution in [0.25, 0.3) is 0 Å². The predicted molar refractivity (Wildman–Crippen MR) is 128 cm³/mol. The van der Waals surface area contributed by atoms with Crippen LogP contribution in [0.5, 0.6) is 11.5 Å². The Balaban J connectivity index is 2.39. The van der Waals surface area contributed by atoms with Gasteiger partial charge in [-0.15, -0.1) is 0 Å². The van der Waals surface area contributed by atoms with Crippen LogP contribution in [0.1, 0.15) is 37.5 Å². The summed E-state index contributed by atoms with van der Waals surface area (Å²) in [6, 6.07) is 9.86. The molecule has 0 aromatic heterocycles. The number of rotatable bonds is 7. The van der Waals surface area contributed by atoms with Crippen molar-refractivity contribution in [1.82, 2.24) is 0 Å². The van der Waals surface area contributed by atoms with Crippen LogP contribution in [0.3, 0.4) is 0 Å². The van der Waals surface area contributed by atoms with E-state index in [4.69, 9.17) is 9.16 Å². The largest absolute Gasteiger partial charge is 0.457 e. The zero-order valence-electron chi connectivity index (χ0n) is 20.1. The van der Waals surface area contributed by atoms with E-state index in [-0.39, 0.29) is 5.56 Å². The molecule has 0 heterocycles. The van der Waals surface area contributed by atoms with Gasteiger partial charge in [0.05, 0.1) is 5.84 Å². The first-order chi connectivity index (χ1) is 14.7. The standard InChI is InChI=1S/C24H33F3N2O2Si/c1-9-28-18(4)29-21-13-17(3)22(14-16(21)2)30-20-12-10-11-19(15-20)23(5,24(25,26)27)31-32(6,7)8/h10-15H,9H2,1-8H3,(H,28,29). The van der Waals surface area contributed by atoms with Crippen molar-refractivity contribution >= 4 is 19.8 Å². The zero-order chi connectivity index (χ0) is 24.3. The topological polar surface area (TPSA) is 42.9 Å². The van der Waals surface area contributed by atoms with Crippen molar-refractivity contribution in [3.05, 3.63) is 53.1 Å². The highest BCUT2D eigenvalue weighted by atomic mass is 28.4. The van der Waals surface area contributed by atoms with Crippen LogP contribution in [0.4, 0.5) is 18.9 Å². The Hall–Kier alpha value is -2.32. The number of amidine groups is 1. The first-order valence-corrected chi connectivity index (χ1v) is 14.0. The fourth-order valence-corrected chi connectivity index (χ4v) is 4.84. The summed E-state index contributed by atoms with van der Waals surface area (Å²) in [6.45, 7) is 14.7. The van der Waals surface area contributed by atoms with E-state index in [9.17, 15) is 13.2 Å². The number of nitrogens with zero attached hydrogens (tertiary/aromatic N) is 1. The molecule has 8 heteroatoms. The molecule has 1 atom stereocenters. The molecule has 1 N–H and O–H groups in total. The highest BCUT2D eigenvalue weighted by molar-refractivity contribution is 6.69. The number of alkyl halides is 3. The molecule has 32 heavy (non-hydrogen) atoms. The van der Waals surface area contributed by atoms with E-state index in [1.807, 2.05) is 39.8 Å². The average Bonchev–Trinajstić information content (AvgIpc) is 2.64. The molecule has 2 aromatic carbocycles. The Morgan fingerprint density at radius 2 is 1.72 bits per heavy atom. The van der Waals surface area contributed by atoms with Gasteiger partial charge in [-0.3, -0.25) is 4.99 Å². The van der Waals surface area contributed by atoms with Gasteiger partial charge in [-0.05, 0) is 95.2 Å². The van der Waals surface area contributed by atoms with Crippen molar-refractivity contribution in [2.24, 2.45) is 4.99 Å². The van der Waals surface area contributed by atoms with Gasteiger partial charge in [-0.25, -0.2) is 0 Å². The molecule has 0 saturated heterocycles. The van der Waals surface area contributed by atoms with Gasteiger partial charge in [0.2, 0.25) is 0 Å². The summed E-state index contributed by atoms with van der Waals surface area (Å²) in [7, 11) is -2.50. The number of hydrogen-bond acceptors (Lipinski definition) is 3. The van der Waals surface area contributed by atoms with Crippen LogP contribution in [0, 0.1) is 13.8 Å².